The molecule has 0 radical (unpaired) electrons. The summed E-state index contributed by atoms with van der Waals surface area (Å²) in [7, 11) is 0. The number of rotatable bonds is 6. The first-order chi connectivity index (χ1) is 10.2. The number of carbonyl (C=O) groups is 1. The van der Waals surface area contributed by atoms with Gasteiger partial charge in [-0.25, -0.2) is 9.48 Å². The van der Waals surface area contributed by atoms with Crippen LogP contribution in [0.5, 0.6) is 0 Å². The molecule has 0 fully saturated rings. The van der Waals surface area contributed by atoms with E-state index in [1.807, 2.05) is 6.07 Å². The molecule has 0 aliphatic carbocycles. The second kappa shape index (κ2) is 7.02. The second-order valence-electron chi connectivity index (χ2n) is 5.00. The summed E-state index contributed by atoms with van der Waals surface area (Å²) in [6.45, 7) is 6.87. The molecule has 1 aromatic heterocycles. The lowest BCUT2D eigenvalue weighted by Gasteiger charge is -2.07. The van der Waals surface area contributed by atoms with Crippen molar-refractivity contribution < 1.29 is 9.53 Å². The molecule has 0 spiro atoms. The highest BCUT2D eigenvalue weighted by Crippen LogP contribution is 2.13. The Kier molecular flexibility index (Phi) is 5.09. The van der Waals surface area contributed by atoms with Crippen molar-refractivity contribution in [3.05, 3.63) is 46.8 Å². The fourth-order valence-corrected chi connectivity index (χ4v) is 2.29. The molecular weight excluding hydrogens is 266 g/mol. The summed E-state index contributed by atoms with van der Waals surface area (Å²) in [6.07, 6.45) is 1.68. The Labute approximate surface area is 124 Å². The van der Waals surface area contributed by atoms with E-state index in [0.717, 1.165) is 24.1 Å². The van der Waals surface area contributed by atoms with Crippen LogP contribution in [0.25, 0.3) is 0 Å². The maximum absolute atomic E-state index is 11.9. The lowest BCUT2D eigenvalue weighted by Crippen LogP contribution is -2.11. The van der Waals surface area contributed by atoms with Crippen molar-refractivity contribution in [2.75, 3.05) is 6.61 Å². The average molecular weight is 287 g/mol. The van der Waals surface area contributed by atoms with E-state index in [1.54, 1.807) is 11.6 Å². The number of aryl methyl sites for hydroxylation is 1. The van der Waals surface area contributed by atoms with Crippen LogP contribution in [0.1, 0.15) is 47.6 Å². The third-order valence-corrected chi connectivity index (χ3v) is 3.21. The van der Waals surface area contributed by atoms with Crippen molar-refractivity contribution in [2.45, 2.75) is 40.2 Å². The minimum atomic E-state index is -0.392. The predicted molar refractivity (Wildman–Crippen MR) is 80.3 cm³/mol. The van der Waals surface area contributed by atoms with Gasteiger partial charge in [-0.05, 0) is 25.8 Å². The summed E-state index contributed by atoms with van der Waals surface area (Å²) >= 11 is 0. The van der Waals surface area contributed by atoms with Crippen LogP contribution in [0.4, 0.5) is 0 Å². The average Bonchev–Trinajstić information content (AvgIpc) is 2.83. The highest BCUT2D eigenvalue weighted by molar-refractivity contribution is 5.88. The fraction of sp³-hybridized carbons (Fsp3) is 0.438. The van der Waals surface area contributed by atoms with Crippen LogP contribution in [-0.4, -0.2) is 27.6 Å². The number of benzene rings is 1. The predicted octanol–water partition coefficient (Wildman–Crippen LogP) is 2.76. The Hall–Kier alpha value is -2.17. The smallest absolute Gasteiger partial charge is 0.360 e. The van der Waals surface area contributed by atoms with E-state index >= 15 is 0 Å². The molecule has 0 aliphatic rings. The van der Waals surface area contributed by atoms with Gasteiger partial charge in [0.05, 0.1) is 18.8 Å². The van der Waals surface area contributed by atoms with Gasteiger partial charge in [0, 0.05) is 0 Å². The number of esters is 1. The zero-order valence-electron chi connectivity index (χ0n) is 12.8. The van der Waals surface area contributed by atoms with E-state index in [2.05, 4.69) is 42.4 Å². The largest absolute Gasteiger partial charge is 0.461 e. The van der Waals surface area contributed by atoms with Crippen molar-refractivity contribution in [3.8, 4) is 0 Å². The first-order valence-corrected chi connectivity index (χ1v) is 7.30. The van der Waals surface area contributed by atoms with E-state index in [4.69, 9.17) is 4.74 Å². The number of hydrogen-bond donors (Lipinski definition) is 0. The summed E-state index contributed by atoms with van der Waals surface area (Å²) in [6, 6.07) is 8.24. The molecular formula is C16H21N3O2. The van der Waals surface area contributed by atoms with Crippen LogP contribution < -0.4 is 0 Å². The van der Waals surface area contributed by atoms with Crippen LogP contribution in [0, 0.1) is 6.92 Å². The zero-order chi connectivity index (χ0) is 15.2. The normalized spacial score (nSPS) is 10.6. The van der Waals surface area contributed by atoms with Gasteiger partial charge in [0.2, 0.25) is 0 Å². The van der Waals surface area contributed by atoms with Crippen molar-refractivity contribution in [1.29, 1.82) is 0 Å². The number of nitrogens with zero attached hydrogens (tertiary/aromatic N) is 3. The van der Waals surface area contributed by atoms with Gasteiger partial charge in [0.1, 0.15) is 0 Å². The van der Waals surface area contributed by atoms with Crippen molar-refractivity contribution in [3.63, 3.8) is 0 Å². The van der Waals surface area contributed by atoms with E-state index in [1.165, 1.54) is 5.56 Å². The summed E-state index contributed by atoms with van der Waals surface area (Å²) in [4.78, 5) is 11.9. The summed E-state index contributed by atoms with van der Waals surface area (Å²) < 4.78 is 6.84. The maximum atomic E-state index is 11.9. The molecule has 0 atom stereocenters. The molecule has 2 rings (SSSR count). The standard InChI is InChI=1S/C16H21N3O2/c1-4-7-14-15(16(20)21-5-2)17-18-19(14)11-13-9-6-8-12(3)10-13/h6,8-10H,4-5,7,11H2,1-3H3. The van der Waals surface area contributed by atoms with Crippen molar-refractivity contribution in [1.82, 2.24) is 15.0 Å². The van der Waals surface area contributed by atoms with Gasteiger partial charge in [0.15, 0.2) is 5.69 Å². The molecule has 0 N–H and O–H groups in total. The Morgan fingerprint density at radius 1 is 1.33 bits per heavy atom. The number of carbonyl (C=O) groups excluding carboxylic acids is 1. The first kappa shape index (κ1) is 15.2. The van der Waals surface area contributed by atoms with E-state index in [0.29, 0.717) is 18.8 Å². The van der Waals surface area contributed by atoms with Gasteiger partial charge in [-0.15, -0.1) is 5.10 Å². The molecule has 0 unspecified atom stereocenters. The summed E-state index contributed by atoms with van der Waals surface area (Å²) in [5.74, 6) is -0.392. The highest BCUT2D eigenvalue weighted by atomic mass is 16.5. The Balaban J connectivity index is 2.29. The summed E-state index contributed by atoms with van der Waals surface area (Å²) in [5, 5.41) is 8.14. The third-order valence-electron chi connectivity index (χ3n) is 3.21. The molecule has 0 aliphatic heterocycles. The highest BCUT2D eigenvalue weighted by Gasteiger charge is 2.20. The molecule has 0 saturated carbocycles. The van der Waals surface area contributed by atoms with Crippen LogP contribution in [-0.2, 0) is 17.7 Å². The molecule has 2 aromatic rings. The van der Waals surface area contributed by atoms with Gasteiger partial charge >= 0.3 is 5.97 Å². The monoisotopic (exact) mass is 287 g/mol. The molecule has 1 aromatic carbocycles. The van der Waals surface area contributed by atoms with Crippen LogP contribution in [0.3, 0.4) is 0 Å². The molecule has 1 heterocycles. The summed E-state index contributed by atoms with van der Waals surface area (Å²) in [5.41, 5.74) is 3.53. The van der Waals surface area contributed by atoms with E-state index < -0.39 is 5.97 Å². The first-order valence-electron chi connectivity index (χ1n) is 7.30. The molecule has 0 amide bonds. The molecule has 0 bridgehead atoms. The van der Waals surface area contributed by atoms with Gasteiger partial charge < -0.3 is 4.74 Å². The lowest BCUT2D eigenvalue weighted by molar-refractivity contribution is 0.0518. The van der Waals surface area contributed by atoms with Gasteiger partial charge in [-0.1, -0.05) is 48.4 Å². The molecule has 5 heteroatoms. The zero-order valence-corrected chi connectivity index (χ0v) is 12.8. The molecule has 21 heavy (non-hydrogen) atoms. The molecule has 112 valence electrons. The van der Waals surface area contributed by atoms with Gasteiger partial charge in [-0.2, -0.15) is 0 Å². The quantitative estimate of drug-likeness (QED) is 0.767. The van der Waals surface area contributed by atoms with Crippen LogP contribution in [0.15, 0.2) is 24.3 Å². The Morgan fingerprint density at radius 2 is 2.14 bits per heavy atom. The minimum Gasteiger partial charge on any atom is -0.461 e. The lowest BCUT2D eigenvalue weighted by atomic mass is 10.1. The SMILES string of the molecule is CCCc1c(C(=O)OCC)nnn1Cc1cccc(C)c1. The molecule has 0 saturated heterocycles. The van der Waals surface area contributed by atoms with Gasteiger partial charge in [-0.3, -0.25) is 0 Å². The van der Waals surface area contributed by atoms with E-state index in [9.17, 15) is 4.79 Å². The Bertz CT molecular complexity index is 620. The maximum Gasteiger partial charge on any atom is 0.360 e. The van der Waals surface area contributed by atoms with Crippen molar-refractivity contribution in [2.24, 2.45) is 0 Å². The number of aromatic nitrogens is 3. The molecule has 5 nitrogen and oxygen atoms in total. The third kappa shape index (κ3) is 3.68. The minimum absolute atomic E-state index is 0.339. The topological polar surface area (TPSA) is 57.0 Å². The Morgan fingerprint density at radius 3 is 2.81 bits per heavy atom. The van der Waals surface area contributed by atoms with Gasteiger partial charge in [0.25, 0.3) is 0 Å². The number of hydrogen-bond acceptors (Lipinski definition) is 4. The second-order valence-corrected chi connectivity index (χ2v) is 5.00. The van der Waals surface area contributed by atoms with Crippen LogP contribution in [0.2, 0.25) is 0 Å². The van der Waals surface area contributed by atoms with Crippen LogP contribution >= 0.6 is 0 Å². The van der Waals surface area contributed by atoms with E-state index in [-0.39, 0.29) is 0 Å². The fourth-order valence-electron chi connectivity index (χ4n) is 2.29. The number of ether oxygens (including phenoxy) is 1. The van der Waals surface area contributed by atoms with Crippen molar-refractivity contribution >= 4 is 5.97 Å².